The zero-order valence-corrected chi connectivity index (χ0v) is 17.6. The van der Waals surface area contributed by atoms with E-state index in [4.69, 9.17) is 22.4 Å². The normalized spacial score (nSPS) is 11.9. The van der Waals surface area contributed by atoms with Gasteiger partial charge in [-0.3, -0.25) is 9.98 Å². The highest BCUT2D eigenvalue weighted by Gasteiger charge is 2.11. The predicted octanol–water partition coefficient (Wildman–Crippen LogP) is 3.34. The molecule has 1 aromatic carbocycles. The van der Waals surface area contributed by atoms with Crippen molar-refractivity contribution in [2.24, 2.45) is 4.99 Å². The number of methoxy groups -OCH3 is 1. The van der Waals surface area contributed by atoms with E-state index in [9.17, 15) is 0 Å². The molecular formula is C21H23N7OS. The highest BCUT2D eigenvalue weighted by molar-refractivity contribution is 7.80. The number of thiocarbonyl (C=S) groups is 1. The fraction of sp³-hybridized carbons (Fsp3) is 0.238. The van der Waals surface area contributed by atoms with Crippen LogP contribution >= 0.6 is 12.2 Å². The lowest BCUT2D eigenvalue weighted by atomic mass is 10.1. The summed E-state index contributed by atoms with van der Waals surface area (Å²) in [6.45, 7) is 3.19. The minimum absolute atomic E-state index is 0.388. The van der Waals surface area contributed by atoms with Gasteiger partial charge in [-0.25, -0.2) is 9.97 Å². The molecule has 0 spiro atoms. The molecule has 1 unspecified atom stereocenters. The van der Waals surface area contributed by atoms with Crippen molar-refractivity contribution in [1.82, 2.24) is 20.3 Å². The first-order valence-corrected chi connectivity index (χ1v) is 9.85. The molecule has 0 fully saturated rings. The van der Waals surface area contributed by atoms with E-state index in [1.165, 1.54) is 6.21 Å². The van der Waals surface area contributed by atoms with Crippen LogP contribution < -0.4 is 15.4 Å². The van der Waals surface area contributed by atoms with Crippen LogP contribution in [-0.4, -0.2) is 46.1 Å². The molecule has 0 amide bonds. The van der Waals surface area contributed by atoms with Gasteiger partial charge >= 0.3 is 0 Å². The Hall–Kier alpha value is -3.46. The van der Waals surface area contributed by atoms with Gasteiger partial charge in [0, 0.05) is 19.0 Å². The van der Waals surface area contributed by atoms with Crippen molar-refractivity contribution in [3.8, 4) is 5.75 Å². The van der Waals surface area contributed by atoms with E-state index in [-0.39, 0.29) is 5.92 Å². The second kappa shape index (κ2) is 10.4. The van der Waals surface area contributed by atoms with Gasteiger partial charge in [0.05, 0.1) is 31.5 Å². The average molecular weight is 422 g/mol. The summed E-state index contributed by atoms with van der Waals surface area (Å²) in [7, 11) is 1.64. The number of nitrogens with zero attached hydrogens (tertiary/aromatic N) is 4. The summed E-state index contributed by atoms with van der Waals surface area (Å²) in [6.07, 6.45) is 4.64. The molecule has 2 aromatic heterocycles. The topological polar surface area (TPSA) is 108 Å². The predicted molar refractivity (Wildman–Crippen MR) is 124 cm³/mol. The standard InChI is InChI=1S/C21H23N7OS/c1-3-24-21(30)28-19-9-8-17-20(27-19)26-18(13-25-17)15(10-22)12-23-11-14-4-6-16(29-2)7-5-14/h4-10,12-13,15,22H,3,11H2,1-2H3,(H2,24,26,27,28,30). The lowest BCUT2D eigenvalue weighted by Gasteiger charge is -2.09. The number of hydrogen-bond donors (Lipinski definition) is 3. The molecule has 0 saturated heterocycles. The molecule has 0 radical (unpaired) electrons. The van der Waals surface area contributed by atoms with E-state index in [1.54, 1.807) is 25.6 Å². The Balaban J connectivity index is 1.74. The van der Waals surface area contributed by atoms with E-state index < -0.39 is 0 Å². The van der Waals surface area contributed by atoms with Crippen LogP contribution in [0.15, 0.2) is 47.6 Å². The summed E-state index contributed by atoms with van der Waals surface area (Å²) in [5.74, 6) is 1.00. The monoisotopic (exact) mass is 421 g/mol. The molecule has 154 valence electrons. The summed E-state index contributed by atoms with van der Waals surface area (Å²) in [4.78, 5) is 17.9. The van der Waals surface area contributed by atoms with Gasteiger partial charge in [0.2, 0.25) is 0 Å². The number of benzene rings is 1. The zero-order chi connectivity index (χ0) is 21.3. The van der Waals surface area contributed by atoms with E-state index in [0.29, 0.717) is 34.3 Å². The summed E-state index contributed by atoms with van der Waals surface area (Å²) in [5.41, 5.74) is 2.80. The van der Waals surface area contributed by atoms with Crippen molar-refractivity contribution < 1.29 is 4.74 Å². The maximum Gasteiger partial charge on any atom is 0.180 e. The number of nitrogens with one attached hydrogen (secondary N) is 3. The van der Waals surface area contributed by atoms with Crippen LogP contribution in [0.1, 0.15) is 24.1 Å². The molecule has 0 aliphatic heterocycles. The third-order valence-corrected chi connectivity index (χ3v) is 4.47. The number of fused-ring (bicyclic) bond motifs is 1. The van der Waals surface area contributed by atoms with E-state index in [0.717, 1.165) is 17.9 Å². The van der Waals surface area contributed by atoms with Gasteiger partial charge in [0.1, 0.15) is 17.1 Å². The molecule has 3 N–H and O–H groups in total. The van der Waals surface area contributed by atoms with Crippen LogP contribution in [0.2, 0.25) is 0 Å². The van der Waals surface area contributed by atoms with Crippen LogP contribution in [0, 0.1) is 5.41 Å². The third kappa shape index (κ3) is 5.54. The Bertz CT molecular complexity index is 1050. The smallest absolute Gasteiger partial charge is 0.180 e. The molecule has 30 heavy (non-hydrogen) atoms. The minimum atomic E-state index is -0.388. The molecule has 0 bridgehead atoms. The summed E-state index contributed by atoms with van der Waals surface area (Å²) < 4.78 is 5.16. The molecule has 0 aliphatic carbocycles. The van der Waals surface area contributed by atoms with Crippen molar-refractivity contribution in [1.29, 1.82) is 5.41 Å². The molecular weight excluding hydrogens is 398 g/mol. The highest BCUT2D eigenvalue weighted by atomic mass is 32.1. The molecule has 1 atom stereocenters. The van der Waals surface area contributed by atoms with Gasteiger partial charge in [-0.15, -0.1) is 0 Å². The largest absolute Gasteiger partial charge is 0.497 e. The quantitative estimate of drug-likeness (QED) is 0.378. The fourth-order valence-corrected chi connectivity index (χ4v) is 2.92. The maximum atomic E-state index is 7.76. The molecule has 0 saturated carbocycles. The van der Waals surface area contributed by atoms with Gasteiger partial charge in [-0.2, -0.15) is 0 Å². The molecule has 3 rings (SSSR count). The number of hydrogen-bond acceptors (Lipinski definition) is 7. The minimum Gasteiger partial charge on any atom is -0.497 e. The fourth-order valence-electron chi connectivity index (χ4n) is 2.67. The first-order chi connectivity index (χ1) is 14.6. The Morgan fingerprint density at radius 3 is 2.73 bits per heavy atom. The number of pyridine rings is 1. The van der Waals surface area contributed by atoms with Crippen molar-refractivity contribution in [3.63, 3.8) is 0 Å². The number of rotatable bonds is 8. The number of aromatic nitrogens is 3. The van der Waals surface area contributed by atoms with Gasteiger partial charge in [-0.1, -0.05) is 12.1 Å². The van der Waals surface area contributed by atoms with Crippen molar-refractivity contribution in [2.45, 2.75) is 19.4 Å². The second-order valence-electron chi connectivity index (χ2n) is 6.35. The van der Waals surface area contributed by atoms with E-state index >= 15 is 0 Å². The Morgan fingerprint density at radius 2 is 2.03 bits per heavy atom. The van der Waals surface area contributed by atoms with Gasteiger partial charge < -0.3 is 20.8 Å². The Morgan fingerprint density at radius 1 is 1.23 bits per heavy atom. The van der Waals surface area contributed by atoms with Crippen LogP contribution in [0.5, 0.6) is 5.75 Å². The summed E-state index contributed by atoms with van der Waals surface area (Å²) in [5, 5.41) is 14.3. The van der Waals surface area contributed by atoms with Crippen LogP contribution in [0.3, 0.4) is 0 Å². The molecule has 9 heteroatoms. The third-order valence-electron chi connectivity index (χ3n) is 4.22. The molecule has 2 heterocycles. The number of anilines is 1. The van der Waals surface area contributed by atoms with Gasteiger partial charge in [0.25, 0.3) is 0 Å². The molecule has 3 aromatic rings. The first kappa shape index (κ1) is 21.3. The molecule has 0 aliphatic rings. The lowest BCUT2D eigenvalue weighted by molar-refractivity contribution is 0.414. The van der Waals surface area contributed by atoms with Crippen molar-refractivity contribution >= 4 is 46.7 Å². The second-order valence-corrected chi connectivity index (χ2v) is 6.76. The van der Waals surface area contributed by atoms with E-state index in [1.807, 2.05) is 37.3 Å². The maximum absolute atomic E-state index is 7.76. The SMILES string of the molecule is CCNC(=S)Nc1ccc2ncc(C(C=N)C=NCc3ccc(OC)cc3)nc2n1. The zero-order valence-electron chi connectivity index (χ0n) is 16.8. The van der Waals surface area contributed by atoms with Crippen molar-refractivity contribution in [2.75, 3.05) is 19.0 Å². The average Bonchev–Trinajstić information content (AvgIpc) is 2.77. The van der Waals surface area contributed by atoms with Crippen LogP contribution in [0.25, 0.3) is 11.2 Å². The lowest BCUT2D eigenvalue weighted by Crippen LogP contribution is -2.28. The molecule has 8 nitrogen and oxygen atoms in total. The van der Waals surface area contributed by atoms with Gasteiger partial charge in [0.15, 0.2) is 10.8 Å². The summed E-state index contributed by atoms with van der Waals surface area (Å²) in [6, 6.07) is 11.3. The first-order valence-electron chi connectivity index (χ1n) is 9.45. The van der Waals surface area contributed by atoms with E-state index in [2.05, 4.69) is 30.6 Å². The van der Waals surface area contributed by atoms with Crippen LogP contribution in [-0.2, 0) is 6.54 Å². The number of ether oxygens (including phenoxy) is 1. The number of aliphatic imine (C=N–C) groups is 1. The van der Waals surface area contributed by atoms with Crippen LogP contribution in [0.4, 0.5) is 5.82 Å². The Labute approximate surface area is 180 Å². The summed E-state index contributed by atoms with van der Waals surface area (Å²) >= 11 is 5.19. The Kier molecular flexibility index (Phi) is 7.34. The van der Waals surface area contributed by atoms with Gasteiger partial charge in [-0.05, 0) is 49.0 Å². The van der Waals surface area contributed by atoms with Crippen molar-refractivity contribution in [3.05, 3.63) is 53.9 Å². The highest BCUT2D eigenvalue weighted by Crippen LogP contribution is 2.16.